The third kappa shape index (κ3) is 7.19. The van der Waals surface area contributed by atoms with Crippen molar-refractivity contribution in [2.24, 2.45) is 0 Å². The average molecular weight is 423 g/mol. The Bertz CT molecular complexity index is 826. The highest BCUT2D eigenvalue weighted by molar-refractivity contribution is 6.39. The Kier molecular flexibility index (Phi) is 8.25. The predicted molar refractivity (Wildman–Crippen MR) is 109 cm³/mol. The number of imide groups is 1. The fourth-order valence-electron chi connectivity index (χ4n) is 2.33. The third-order valence-corrected chi connectivity index (χ3v) is 4.23. The molecule has 148 valence electrons. The Morgan fingerprint density at radius 3 is 2.14 bits per heavy atom. The minimum Gasteiger partial charge on any atom is -0.334 e. The number of anilines is 1. The van der Waals surface area contributed by atoms with Gasteiger partial charge in [-0.3, -0.25) is 19.8 Å². The molecule has 0 unspecified atom stereocenters. The van der Waals surface area contributed by atoms with E-state index < -0.39 is 11.9 Å². The van der Waals surface area contributed by atoms with Crippen molar-refractivity contribution in [1.29, 1.82) is 0 Å². The highest BCUT2D eigenvalue weighted by Crippen LogP contribution is 2.29. The van der Waals surface area contributed by atoms with E-state index in [1.54, 1.807) is 25.2 Å². The summed E-state index contributed by atoms with van der Waals surface area (Å²) in [7, 11) is 1.58. The lowest BCUT2D eigenvalue weighted by molar-refractivity contribution is -0.122. The van der Waals surface area contributed by atoms with Gasteiger partial charge in [-0.1, -0.05) is 59.6 Å². The number of rotatable bonds is 7. The predicted octanol–water partition coefficient (Wildman–Crippen LogP) is 2.89. The number of nitrogens with one attached hydrogen (secondary N) is 3. The molecule has 0 bridgehead atoms. The zero-order valence-electron chi connectivity index (χ0n) is 15.2. The van der Waals surface area contributed by atoms with E-state index in [-0.39, 0.29) is 19.0 Å². The number of hydrogen-bond donors (Lipinski definition) is 3. The van der Waals surface area contributed by atoms with Crippen LogP contribution in [0, 0.1) is 0 Å². The maximum atomic E-state index is 12.1. The van der Waals surface area contributed by atoms with E-state index in [0.717, 1.165) is 5.56 Å². The van der Waals surface area contributed by atoms with Crippen LogP contribution in [0.4, 0.5) is 10.5 Å². The minimum absolute atomic E-state index is 0.0827. The van der Waals surface area contributed by atoms with Crippen molar-refractivity contribution in [3.63, 3.8) is 0 Å². The number of amides is 4. The maximum Gasteiger partial charge on any atom is 0.321 e. The van der Waals surface area contributed by atoms with E-state index in [2.05, 4.69) is 16.0 Å². The largest absolute Gasteiger partial charge is 0.334 e. The van der Waals surface area contributed by atoms with Gasteiger partial charge in [-0.2, -0.15) is 0 Å². The van der Waals surface area contributed by atoms with Gasteiger partial charge in [0.2, 0.25) is 11.8 Å². The van der Waals surface area contributed by atoms with Crippen LogP contribution in [-0.2, 0) is 16.1 Å². The molecule has 7 nitrogen and oxygen atoms in total. The number of halogens is 2. The van der Waals surface area contributed by atoms with Gasteiger partial charge < -0.3 is 10.6 Å². The number of carbonyl (C=O) groups is 3. The molecule has 4 amide bonds. The van der Waals surface area contributed by atoms with Crippen LogP contribution < -0.4 is 16.0 Å². The molecule has 2 aromatic carbocycles. The number of carbonyl (C=O) groups excluding carboxylic acids is 3. The van der Waals surface area contributed by atoms with Crippen molar-refractivity contribution in [2.75, 3.05) is 25.5 Å². The summed E-state index contributed by atoms with van der Waals surface area (Å²) in [6.07, 6.45) is 0. The van der Waals surface area contributed by atoms with Gasteiger partial charge in [0.15, 0.2) is 0 Å². The maximum absolute atomic E-state index is 12.1. The molecule has 0 aliphatic rings. The zero-order chi connectivity index (χ0) is 20.5. The summed E-state index contributed by atoms with van der Waals surface area (Å²) < 4.78 is 0. The molecule has 2 aromatic rings. The van der Waals surface area contributed by atoms with Crippen LogP contribution in [0.2, 0.25) is 10.0 Å². The van der Waals surface area contributed by atoms with Gasteiger partial charge in [0, 0.05) is 6.54 Å². The van der Waals surface area contributed by atoms with E-state index in [4.69, 9.17) is 23.2 Å². The van der Waals surface area contributed by atoms with E-state index in [0.29, 0.717) is 22.3 Å². The van der Waals surface area contributed by atoms with Crippen LogP contribution in [0.15, 0.2) is 48.5 Å². The first kappa shape index (κ1) is 21.7. The molecule has 0 aliphatic heterocycles. The standard InChI is InChI=1S/C19H20Cl2N4O3/c1-25(11-16(26)23-18-14(20)8-5-9-15(18)21)12-17(27)24-19(28)22-10-13-6-3-2-4-7-13/h2-9H,10-12H2,1H3,(H,23,26)(H2,22,24,27,28). The summed E-state index contributed by atoms with van der Waals surface area (Å²) in [5.74, 6) is -0.921. The van der Waals surface area contributed by atoms with E-state index in [1.807, 2.05) is 30.3 Å². The molecule has 0 aromatic heterocycles. The molecular weight excluding hydrogens is 403 g/mol. The lowest BCUT2D eigenvalue weighted by Crippen LogP contribution is -2.44. The van der Waals surface area contributed by atoms with E-state index >= 15 is 0 Å². The Labute approximate surface area is 173 Å². The van der Waals surface area contributed by atoms with Gasteiger partial charge in [0.25, 0.3) is 0 Å². The monoisotopic (exact) mass is 422 g/mol. The summed E-state index contributed by atoms with van der Waals surface area (Å²) in [4.78, 5) is 37.3. The van der Waals surface area contributed by atoms with Crippen LogP contribution in [0.5, 0.6) is 0 Å². The third-order valence-electron chi connectivity index (χ3n) is 3.60. The van der Waals surface area contributed by atoms with Crippen molar-refractivity contribution in [1.82, 2.24) is 15.5 Å². The van der Waals surface area contributed by atoms with Crippen LogP contribution in [0.25, 0.3) is 0 Å². The van der Waals surface area contributed by atoms with Gasteiger partial charge in [0.05, 0.1) is 28.8 Å². The molecule has 0 saturated carbocycles. The number of hydrogen-bond acceptors (Lipinski definition) is 4. The molecule has 0 heterocycles. The molecule has 0 atom stereocenters. The number of para-hydroxylation sites is 1. The number of benzene rings is 2. The highest BCUT2D eigenvalue weighted by Gasteiger charge is 2.15. The molecular formula is C19H20Cl2N4O3. The lowest BCUT2D eigenvalue weighted by Gasteiger charge is -2.16. The SMILES string of the molecule is CN(CC(=O)NC(=O)NCc1ccccc1)CC(=O)Nc1c(Cl)cccc1Cl. The Balaban J connectivity index is 1.74. The zero-order valence-corrected chi connectivity index (χ0v) is 16.7. The number of likely N-dealkylation sites (N-methyl/N-ethyl adjacent to an activating group) is 1. The fraction of sp³-hybridized carbons (Fsp3) is 0.211. The summed E-state index contributed by atoms with van der Waals surface area (Å²) >= 11 is 12.0. The van der Waals surface area contributed by atoms with Crippen LogP contribution in [0.1, 0.15) is 5.56 Å². The van der Waals surface area contributed by atoms with Crippen molar-refractivity contribution < 1.29 is 14.4 Å². The first-order valence-corrected chi connectivity index (χ1v) is 9.14. The van der Waals surface area contributed by atoms with Crippen LogP contribution in [0.3, 0.4) is 0 Å². The summed E-state index contributed by atoms with van der Waals surface area (Å²) in [5, 5.41) is 8.05. The van der Waals surface area contributed by atoms with Crippen LogP contribution in [-0.4, -0.2) is 42.9 Å². The molecule has 0 radical (unpaired) electrons. The average Bonchev–Trinajstić information content (AvgIpc) is 2.63. The molecule has 0 fully saturated rings. The highest BCUT2D eigenvalue weighted by atomic mass is 35.5. The van der Waals surface area contributed by atoms with Gasteiger partial charge in [-0.15, -0.1) is 0 Å². The molecule has 0 saturated heterocycles. The van der Waals surface area contributed by atoms with Crippen molar-refractivity contribution in [2.45, 2.75) is 6.54 Å². The van der Waals surface area contributed by atoms with Crippen molar-refractivity contribution >= 4 is 46.7 Å². The Morgan fingerprint density at radius 1 is 0.893 bits per heavy atom. The second-order valence-electron chi connectivity index (χ2n) is 6.03. The van der Waals surface area contributed by atoms with Crippen molar-refractivity contribution in [3.8, 4) is 0 Å². The first-order valence-electron chi connectivity index (χ1n) is 8.39. The second kappa shape index (κ2) is 10.7. The van der Waals surface area contributed by atoms with Crippen molar-refractivity contribution in [3.05, 3.63) is 64.1 Å². The normalized spacial score (nSPS) is 10.4. The Morgan fingerprint density at radius 2 is 1.50 bits per heavy atom. The summed E-state index contributed by atoms with van der Waals surface area (Å²) in [5.41, 5.74) is 1.23. The topological polar surface area (TPSA) is 90.5 Å². The quantitative estimate of drug-likeness (QED) is 0.639. The van der Waals surface area contributed by atoms with Gasteiger partial charge in [-0.25, -0.2) is 4.79 Å². The first-order chi connectivity index (χ1) is 13.3. The minimum atomic E-state index is -0.602. The molecule has 2 rings (SSSR count). The second-order valence-corrected chi connectivity index (χ2v) is 6.85. The number of urea groups is 1. The lowest BCUT2D eigenvalue weighted by atomic mass is 10.2. The molecule has 0 spiro atoms. The fourth-order valence-corrected chi connectivity index (χ4v) is 2.82. The molecule has 9 heteroatoms. The van der Waals surface area contributed by atoms with Gasteiger partial charge in [0.1, 0.15) is 0 Å². The number of nitrogens with zero attached hydrogens (tertiary/aromatic N) is 1. The van der Waals surface area contributed by atoms with Crippen LogP contribution >= 0.6 is 23.2 Å². The Hall–Kier alpha value is -2.61. The summed E-state index contributed by atoms with van der Waals surface area (Å²) in [6.45, 7) is 0.0832. The van der Waals surface area contributed by atoms with Gasteiger partial charge >= 0.3 is 6.03 Å². The molecule has 0 aliphatic carbocycles. The molecule has 3 N–H and O–H groups in total. The van der Waals surface area contributed by atoms with Gasteiger partial charge in [-0.05, 0) is 24.7 Å². The smallest absolute Gasteiger partial charge is 0.321 e. The van der Waals surface area contributed by atoms with E-state index in [1.165, 1.54) is 4.90 Å². The van der Waals surface area contributed by atoms with E-state index in [9.17, 15) is 14.4 Å². The molecule has 28 heavy (non-hydrogen) atoms. The summed E-state index contributed by atoms with van der Waals surface area (Å²) in [6, 6.07) is 13.6.